The lowest BCUT2D eigenvalue weighted by molar-refractivity contribution is -0.0807. The predicted octanol–water partition coefficient (Wildman–Crippen LogP) is 5.62. The number of nitrogens with one attached hydrogen (secondary N) is 1. The Labute approximate surface area is 206 Å². The molecular formula is C24H41N3O4S2. The summed E-state index contributed by atoms with van der Waals surface area (Å²) in [6.45, 7) is 6.32. The molecule has 2 amide bonds. The molecule has 1 heterocycles. The molecule has 0 bridgehead atoms. The Balaban J connectivity index is 1.63. The molecule has 2 aliphatic carbocycles. The average molecular weight is 500 g/mol. The molecule has 0 aliphatic heterocycles. The van der Waals surface area contributed by atoms with Gasteiger partial charge in [-0.1, -0.05) is 37.0 Å². The van der Waals surface area contributed by atoms with Crippen LogP contribution in [0, 0.1) is 0 Å². The summed E-state index contributed by atoms with van der Waals surface area (Å²) in [5.41, 5.74) is -0.133. The van der Waals surface area contributed by atoms with Crippen LogP contribution in [0.4, 0.5) is 9.93 Å². The molecule has 7 nitrogen and oxygen atoms in total. The Bertz CT molecular complexity index is 722. The molecule has 1 aromatic rings. The van der Waals surface area contributed by atoms with Crippen molar-refractivity contribution in [2.75, 3.05) is 11.1 Å². The zero-order chi connectivity index (χ0) is 23.8. The molecule has 188 valence electrons. The van der Waals surface area contributed by atoms with E-state index in [1.807, 2.05) is 0 Å². The summed E-state index contributed by atoms with van der Waals surface area (Å²) in [4.78, 5) is 20.1. The third-order valence-electron chi connectivity index (χ3n) is 6.33. The third-order valence-corrected chi connectivity index (χ3v) is 8.47. The van der Waals surface area contributed by atoms with Crippen LogP contribution in [0.25, 0.3) is 0 Å². The number of rotatable bonds is 8. The number of aliphatic hydroxyl groups excluding tert-OH is 1. The first-order chi connectivity index (χ1) is 15.7. The third kappa shape index (κ3) is 9.02. The summed E-state index contributed by atoms with van der Waals surface area (Å²) in [6, 6.07) is 0.504. The molecule has 3 rings (SSSR count). The number of urea groups is 1. The number of thioether (sulfide) groups is 1. The van der Waals surface area contributed by atoms with E-state index in [-0.39, 0.29) is 29.8 Å². The Morgan fingerprint density at radius 3 is 2.39 bits per heavy atom. The maximum Gasteiger partial charge on any atom is 0.324 e. The number of hydrogen-bond donors (Lipinski definition) is 3. The lowest BCUT2D eigenvalue weighted by Gasteiger charge is -2.42. The Morgan fingerprint density at radius 1 is 1.15 bits per heavy atom. The number of amides is 2. The molecule has 33 heavy (non-hydrogen) atoms. The highest BCUT2D eigenvalue weighted by Crippen LogP contribution is 2.34. The van der Waals surface area contributed by atoms with E-state index in [4.69, 9.17) is 14.9 Å². The van der Waals surface area contributed by atoms with Crippen molar-refractivity contribution >= 4 is 34.3 Å². The minimum atomic E-state index is -1.29. The minimum Gasteiger partial charge on any atom is -0.373 e. The highest BCUT2D eigenvalue weighted by atomic mass is 32.2. The standard InChI is InChI=1S/C24H41N3O4S2/c1-24(2,3)31-19-12-10-18(11-13-19)27(17-8-6-4-5-7-9-17)23(30)26-22-25-16-21(33-22)32-15-14-20(28)29/h16-20,28-29H,4-15H2,1-3H3,(H,25,26,30). The number of aromatic nitrogens is 1. The number of anilines is 1. The smallest absolute Gasteiger partial charge is 0.324 e. The molecule has 0 spiro atoms. The highest BCUT2D eigenvalue weighted by molar-refractivity contribution is 8.01. The van der Waals surface area contributed by atoms with Gasteiger partial charge >= 0.3 is 6.03 Å². The Morgan fingerprint density at radius 2 is 1.79 bits per heavy atom. The van der Waals surface area contributed by atoms with E-state index in [9.17, 15) is 4.79 Å². The quantitative estimate of drug-likeness (QED) is 0.244. The first-order valence-corrected chi connectivity index (χ1v) is 14.2. The molecule has 2 aliphatic rings. The summed E-state index contributed by atoms with van der Waals surface area (Å²) in [7, 11) is 0. The molecular weight excluding hydrogens is 458 g/mol. The van der Waals surface area contributed by atoms with Gasteiger partial charge in [0.25, 0.3) is 0 Å². The highest BCUT2D eigenvalue weighted by Gasteiger charge is 2.35. The molecule has 0 unspecified atom stereocenters. The summed E-state index contributed by atoms with van der Waals surface area (Å²) in [5, 5.41) is 21.7. The van der Waals surface area contributed by atoms with Gasteiger partial charge in [-0.05, 0) is 59.3 Å². The van der Waals surface area contributed by atoms with E-state index < -0.39 is 6.29 Å². The van der Waals surface area contributed by atoms with E-state index in [1.54, 1.807) is 6.20 Å². The summed E-state index contributed by atoms with van der Waals surface area (Å²) >= 11 is 2.97. The number of carbonyl (C=O) groups is 1. The summed E-state index contributed by atoms with van der Waals surface area (Å²) in [6.07, 6.45) is 12.0. The molecule has 1 aromatic heterocycles. The van der Waals surface area contributed by atoms with Crippen LogP contribution >= 0.6 is 23.1 Å². The lowest BCUT2D eigenvalue weighted by atomic mass is 9.89. The minimum absolute atomic E-state index is 0.0289. The fourth-order valence-corrected chi connectivity index (χ4v) is 6.83. The van der Waals surface area contributed by atoms with Crippen LogP contribution in [0.5, 0.6) is 0 Å². The first kappa shape index (κ1) is 26.7. The van der Waals surface area contributed by atoms with Crippen molar-refractivity contribution in [3.63, 3.8) is 0 Å². The number of carbonyl (C=O) groups excluding carboxylic acids is 1. The van der Waals surface area contributed by atoms with Crippen LogP contribution < -0.4 is 5.32 Å². The summed E-state index contributed by atoms with van der Waals surface area (Å²) < 4.78 is 7.18. The Kier molecular flexibility index (Phi) is 10.3. The van der Waals surface area contributed by atoms with Gasteiger partial charge in [0.05, 0.1) is 22.1 Å². The second-order valence-electron chi connectivity index (χ2n) is 10.2. The lowest BCUT2D eigenvalue weighted by Crippen LogP contribution is -2.51. The van der Waals surface area contributed by atoms with Crippen LogP contribution in [0.3, 0.4) is 0 Å². The number of hydrogen-bond acceptors (Lipinski definition) is 7. The molecule has 3 N–H and O–H groups in total. The average Bonchev–Trinajstić information content (AvgIpc) is 3.00. The fourth-order valence-electron chi connectivity index (χ4n) is 4.91. The van der Waals surface area contributed by atoms with Crippen molar-refractivity contribution in [3.05, 3.63) is 6.20 Å². The largest absolute Gasteiger partial charge is 0.373 e. The topological polar surface area (TPSA) is 94.9 Å². The van der Waals surface area contributed by atoms with E-state index in [0.717, 1.165) is 42.7 Å². The van der Waals surface area contributed by atoms with Crippen LogP contribution in [0.2, 0.25) is 0 Å². The van der Waals surface area contributed by atoms with E-state index in [0.29, 0.717) is 17.3 Å². The first-order valence-electron chi connectivity index (χ1n) is 12.4. The number of aliphatic hydroxyl groups is 2. The van der Waals surface area contributed by atoms with Crippen molar-refractivity contribution in [2.24, 2.45) is 0 Å². The zero-order valence-electron chi connectivity index (χ0n) is 20.3. The van der Waals surface area contributed by atoms with Gasteiger partial charge in [0.15, 0.2) is 11.4 Å². The van der Waals surface area contributed by atoms with Crippen molar-refractivity contribution in [1.29, 1.82) is 0 Å². The van der Waals surface area contributed by atoms with E-state index in [2.05, 4.69) is 36.0 Å². The monoisotopic (exact) mass is 499 g/mol. The number of nitrogens with zero attached hydrogens (tertiary/aromatic N) is 2. The van der Waals surface area contributed by atoms with E-state index in [1.165, 1.54) is 48.8 Å². The normalized spacial score (nSPS) is 22.8. The molecule has 2 fully saturated rings. The van der Waals surface area contributed by atoms with Gasteiger partial charge < -0.3 is 19.8 Å². The van der Waals surface area contributed by atoms with Gasteiger partial charge in [-0.25, -0.2) is 9.78 Å². The van der Waals surface area contributed by atoms with Gasteiger partial charge in [-0.3, -0.25) is 5.32 Å². The van der Waals surface area contributed by atoms with Gasteiger partial charge in [0, 0.05) is 24.3 Å². The maximum absolute atomic E-state index is 13.5. The van der Waals surface area contributed by atoms with Gasteiger partial charge in [-0.15, -0.1) is 11.8 Å². The van der Waals surface area contributed by atoms with Crippen LogP contribution in [-0.4, -0.2) is 62.0 Å². The van der Waals surface area contributed by atoms with Crippen LogP contribution in [0.15, 0.2) is 10.4 Å². The SMILES string of the molecule is CC(C)(C)OC1CCC(N(C(=O)Nc2ncc(SCCC(O)O)s2)C2CCCCCC2)CC1. The van der Waals surface area contributed by atoms with Gasteiger partial charge in [-0.2, -0.15) is 0 Å². The molecule has 2 saturated carbocycles. The Hall–Kier alpha value is -0.870. The van der Waals surface area contributed by atoms with Crippen molar-refractivity contribution in [2.45, 2.75) is 126 Å². The van der Waals surface area contributed by atoms with Gasteiger partial charge in [0.2, 0.25) is 0 Å². The van der Waals surface area contributed by atoms with Crippen molar-refractivity contribution in [3.8, 4) is 0 Å². The van der Waals surface area contributed by atoms with Crippen molar-refractivity contribution < 1.29 is 19.7 Å². The predicted molar refractivity (Wildman–Crippen MR) is 135 cm³/mol. The van der Waals surface area contributed by atoms with Gasteiger partial charge in [0.1, 0.15) is 0 Å². The van der Waals surface area contributed by atoms with E-state index >= 15 is 0 Å². The molecule has 0 aromatic carbocycles. The fraction of sp³-hybridized carbons (Fsp3) is 0.833. The second-order valence-corrected chi connectivity index (χ2v) is 12.7. The molecule has 0 atom stereocenters. The summed E-state index contributed by atoms with van der Waals surface area (Å²) in [5.74, 6) is 0.599. The zero-order valence-corrected chi connectivity index (χ0v) is 21.9. The second kappa shape index (κ2) is 12.7. The molecule has 0 saturated heterocycles. The van der Waals surface area contributed by atoms with Crippen molar-refractivity contribution in [1.82, 2.24) is 9.88 Å². The number of thiazole rings is 1. The number of ether oxygens (including phenoxy) is 1. The van der Waals surface area contributed by atoms with Crippen LogP contribution in [-0.2, 0) is 4.74 Å². The molecule has 0 radical (unpaired) electrons. The van der Waals surface area contributed by atoms with Crippen LogP contribution in [0.1, 0.15) is 91.4 Å². The molecule has 9 heteroatoms. The maximum atomic E-state index is 13.5.